The van der Waals surface area contributed by atoms with Gasteiger partial charge >= 0.3 is 6.16 Å². The van der Waals surface area contributed by atoms with Gasteiger partial charge in [0, 0.05) is 17.7 Å². The number of aliphatic hydroxyl groups excluding tert-OH is 3. The Kier molecular flexibility index (Phi) is 6.04. The molecule has 14 nitrogen and oxygen atoms in total. The van der Waals surface area contributed by atoms with Gasteiger partial charge in [0.1, 0.15) is 40.8 Å². The SMILES string of the molecule is O=C(O)OC1OC(Oc2c(-c3ccc(O)c(O)c3)oc3cc(O)cc(O)c3c2=O)C(O)C(O)C1O. The van der Waals surface area contributed by atoms with Gasteiger partial charge < -0.3 is 54.7 Å². The largest absolute Gasteiger partial charge is 0.508 e. The zero-order valence-corrected chi connectivity index (χ0v) is 17.3. The highest BCUT2D eigenvalue weighted by Crippen LogP contribution is 2.39. The molecule has 2 heterocycles. The summed E-state index contributed by atoms with van der Waals surface area (Å²) in [5.41, 5.74) is -1.42. The highest BCUT2D eigenvalue weighted by atomic mass is 16.8. The molecule has 186 valence electrons. The van der Waals surface area contributed by atoms with Crippen LogP contribution in [0.4, 0.5) is 4.79 Å². The van der Waals surface area contributed by atoms with E-state index in [-0.39, 0.29) is 11.1 Å². The third-order valence-electron chi connectivity index (χ3n) is 5.13. The van der Waals surface area contributed by atoms with Crippen LogP contribution in [0, 0.1) is 0 Å². The quantitative estimate of drug-likeness (QED) is 0.178. The topological polar surface area (TPSA) is 237 Å². The van der Waals surface area contributed by atoms with Crippen LogP contribution in [0.3, 0.4) is 0 Å². The van der Waals surface area contributed by atoms with Crippen molar-refractivity contribution < 1.29 is 64.3 Å². The van der Waals surface area contributed by atoms with E-state index in [1.807, 2.05) is 0 Å². The van der Waals surface area contributed by atoms with Crippen molar-refractivity contribution in [3.63, 3.8) is 0 Å². The van der Waals surface area contributed by atoms with Crippen molar-refractivity contribution in [1.29, 1.82) is 0 Å². The highest BCUT2D eigenvalue weighted by Gasteiger charge is 2.47. The number of aliphatic hydroxyl groups is 3. The van der Waals surface area contributed by atoms with Crippen LogP contribution in [0.5, 0.6) is 28.7 Å². The summed E-state index contributed by atoms with van der Waals surface area (Å²) in [4.78, 5) is 24.2. The second-order valence-corrected chi connectivity index (χ2v) is 7.48. The number of phenolic OH excluding ortho intramolecular Hbond substituents is 4. The Hall–Kier alpha value is -4.24. The standard InChI is InChI=1S/C21H18O14/c22-7-4-10(25)12-11(5-7)32-17(6-1-2-8(23)9(24)3-6)18(13(12)26)33-19-15(28)14(27)16(29)20(34-19)35-21(30)31/h1-5,14-16,19-20,22-25,27-29H,(H,30,31). The van der Waals surface area contributed by atoms with Crippen molar-refractivity contribution in [3.8, 4) is 40.1 Å². The predicted molar refractivity (Wildman–Crippen MR) is 111 cm³/mol. The first-order valence-electron chi connectivity index (χ1n) is 9.79. The van der Waals surface area contributed by atoms with Gasteiger partial charge in [-0.25, -0.2) is 4.79 Å². The Bertz CT molecular complexity index is 1350. The summed E-state index contributed by atoms with van der Waals surface area (Å²) in [7, 11) is 0. The smallest absolute Gasteiger partial charge is 0.508 e. The van der Waals surface area contributed by atoms with Crippen LogP contribution in [0.15, 0.2) is 39.5 Å². The molecule has 1 saturated heterocycles. The van der Waals surface area contributed by atoms with Gasteiger partial charge in [0.15, 0.2) is 17.3 Å². The van der Waals surface area contributed by atoms with Crippen molar-refractivity contribution in [3.05, 3.63) is 40.6 Å². The Labute approximate surface area is 193 Å². The van der Waals surface area contributed by atoms with E-state index >= 15 is 0 Å². The van der Waals surface area contributed by atoms with Crippen molar-refractivity contribution in [2.24, 2.45) is 0 Å². The molecular weight excluding hydrogens is 476 g/mol. The molecule has 5 atom stereocenters. The zero-order valence-electron chi connectivity index (χ0n) is 17.3. The number of carbonyl (C=O) groups is 1. The Morgan fingerprint density at radius 1 is 0.857 bits per heavy atom. The summed E-state index contributed by atoms with van der Waals surface area (Å²) in [6, 6.07) is 5.11. The average molecular weight is 494 g/mol. The molecule has 1 fully saturated rings. The molecule has 0 radical (unpaired) electrons. The van der Waals surface area contributed by atoms with Crippen LogP contribution in [0.25, 0.3) is 22.3 Å². The van der Waals surface area contributed by atoms with Crippen molar-refractivity contribution >= 4 is 17.1 Å². The lowest BCUT2D eigenvalue weighted by Gasteiger charge is -2.38. The fraction of sp³-hybridized carbons (Fsp3) is 0.238. The van der Waals surface area contributed by atoms with Gasteiger partial charge in [0.25, 0.3) is 0 Å². The average Bonchev–Trinajstić information content (AvgIpc) is 2.78. The normalized spacial score (nSPS) is 24.3. The van der Waals surface area contributed by atoms with E-state index in [0.29, 0.717) is 0 Å². The number of hydrogen-bond donors (Lipinski definition) is 8. The van der Waals surface area contributed by atoms with Gasteiger partial charge in [-0.15, -0.1) is 0 Å². The van der Waals surface area contributed by atoms with Crippen molar-refractivity contribution in [2.45, 2.75) is 30.9 Å². The molecule has 3 aromatic rings. The molecule has 8 N–H and O–H groups in total. The summed E-state index contributed by atoms with van der Waals surface area (Å²) in [5, 5.41) is 78.1. The molecule has 5 unspecified atom stereocenters. The first kappa shape index (κ1) is 23.9. The summed E-state index contributed by atoms with van der Waals surface area (Å²) < 4.78 is 20.5. The maximum atomic E-state index is 13.3. The van der Waals surface area contributed by atoms with Crippen molar-refractivity contribution in [1.82, 2.24) is 0 Å². The monoisotopic (exact) mass is 494 g/mol. The molecule has 35 heavy (non-hydrogen) atoms. The van der Waals surface area contributed by atoms with E-state index in [1.54, 1.807) is 0 Å². The van der Waals surface area contributed by atoms with E-state index < -0.39 is 82.4 Å². The molecule has 1 aliphatic rings. The zero-order chi connectivity index (χ0) is 25.6. The summed E-state index contributed by atoms with van der Waals surface area (Å²) in [5.74, 6) is -3.46. The Morgan fingerprint density at radius 3 is 2.20 bits per heavy atom. The Morgan fingerprint density at radius 2 is 1.54 bits per heavy atom. The molecule has 1 aromatic heterocycles. The maximum Gasteiger partial charge on any atom is 0.508 e. The highest BCUT2D eigenvalue weighted by molar-refractivity contribution is 5.88. The summed E-state index contributed by atoms with van der Waals surface area (Å²) >= 11 is 0. The molecule has 0 bridgehead atoms. The van der Waals surface area contributed by atoms with E-state index in [4.69, 9.17) is 19.0 Å². The van der Waals surface area contributed by atoms with Gasteiger partial charge in [-0.2, -0.15) is 0 Å². The number of phenols is 4. The molecule has 14 heteroatoms. The summed E-state index contributed by atoms with van der Waals surface area (Å²) in [6.45, 7) is 0. The number of rotatable bonds is 4. The molecule has 1 aliphatic heterocycles. The van der Waals surface area contributed by atoms with Crippen LogP contribution in [0.1, 0.15) is 0 Å². The minimum Gasteiger partial charge on any atom is -0.508 e. The number of ether oxygens (including phenoxy) is 3. The third-order valence-corrected chi connectivity index (χ3v) is 5.13. The number of benzene rings is 2. The fourth-order valence-electron chi connectivity index (χ4n) is 3.46. The maximum absolute atomic E-state index is 13.3. The number of fused-ring (bicyclic) bond motifs is 1. The molecule has 2 aromatic carbocycles. The van der Waals surface area contributed by atoms with E-state index in [2.05, 4.69) is 4.74 Å². The number of hydrogen-bond acceptors (Lipinski definition) is 13. The predicted octanol–water partition coefficient (Wildman–Crippen LogP) is 0.121. The second-order valence-electron chi connectivity index (χ2n) is 7.48. The van der Waals surface area contributed by atoms with E-state index in [0.717, 1.165) is 24.3 Å². The molecular formula is C21H18O14. The van der Waals surface area contributed by atoms with Crippen LogP contribution in [0.2, 0.25) is 0 Å². The number of carboxylic acid groups (broad SMARTS) is 1. The van der Waals surface area contributed by atoms with E-state index in [9.17, 15) is 45.3 Å². The van der Waals surface area contributed by atoms with E-state index in [1.165, 1.54) is 6.07 Å². The first-order chi connectivity index (χ1) is 16.5. The second kappa shape index (κ2) is 8.84. The minimum absolute atomic E-state index is 0.0543. The Balaban J connectivity index is 1.88. The van der Waals surface area contributed by atoms with Crippen LogP contribution in [-0.2, 0) is 9.47 Å². The third kappa shape index (κ3) is 4.33. The lowest BCUT2D eigenvalue weighted by atomic mass is 10.0. The summed E-state index contributed by atoms with van der Waals surface area (Å²) in [6.07, 6.45) is -12.0. The fourth-order valence-corrected chi connectivity index (χ4v) is 3.46. The van der Waals surface area contributed by atoms with Gasteiger partial charge in [-0.05, 0) is 18.2 Å². The molecule has 4 rings (SSSR count). The van der Waals surface area contributed by atoms with Gasteiger partial charge in [0.2, 0.25) is 23.8 Å². The molecule has 0 saturated carbocycles. The molecule has 0 spiro atoms. The lowest BCUT2D eigenvalue weighted by molar-refractivity contribution is -0.321. The lowest BCUT2D eigenvalue weighted by Crippen LogP contribution is -2.60. The molecule has 0 aliphatic carbocycles. The van der Waals surface area contributed by atoms with Crippen molar-refractivity contribution in [2.75, 3.05) is 0 Å². The van der Waals surface area contributed by atoms with Crippen LogP contribution >= 0.6 is 0 Å². The van der Waals surface area contributed by atoms with Gasteiger partial charge in [-0.3, -0.25) is 9.53 Å². The molecule has 0 amide bonds. The first-order valence-corrected chi connectivity index (χ1v) is 9.79. The van der Waals surface area contributed by atoms with Gasteiger partial charge in [-0.1, -0.05) is 0 Å². The number of aromatic hydroxyl groups is 4. The van der Waals surface area contributed by atoms with Crippen LogP contribution < -0.4 is 10.2 Å². The van der Waals surface area contributed by atoms with Crippen LogP contribution in [-0.4, -0.2) is 77.9 Å². The van der Waals surface area contributed by atoms with Gasteiger partial charge in [0.05, 0.1) is 0 Å². The minimum atomic E-state index is -2.03.